The van der Waals surface area contributed by atoms with Crippen molar-refractivity contribution >= 4 is 34.3 Å². The molecule has 4 heterocycles. The molecule has 0 spiro atoms. The van der Waals surface area contributed by atoms with E-state index in [1.807, 2.05) is 29.3 Å². The van der Waals surface area contributed by atoms with Crippen LogP contribution >= 0.6 is 11.6 Å². The molecule has 0 aromatic heterocycles. The summed E-state index contributed by atoms with van der Waals surface area (Å²) in [4.78, 5) is 9.72. The topological polar surface area (TPSA) is 57.5 Å². The minimum atomic E-state index is -0.998. The second kappa shape index (κ2) is 9.75. The lowest BCUT2D eigenvalue weighted by Crippen LogP contribution is -2.47. The Balaban J connectivity index is 1.36. The minimum Gasteiger partial charge on any atom is -0.614 e. The highest BCUT2D eigenvalue weighted by Crippen LogP contribution is 2.37. The number of aliphatic imine (C=N–C) groups is 1. The lowest BCUT2D eigenvalue weighted by atomic mass is 10.1. The molecule has 4 aliphatic rings. The van der Waals surface area contributed by atoms with Crippen molar-refractivity contribution in [3.63, 3.8) is 0 Å². The molecule has 0 amide bonds. The van der Waals surface area contributed by atoms with E-state index in [2.05, 4.69) is 22.8 Å². The Morgan fingerprint density at radius 3 is 2.78 bits per heavy atom. The highest BCUT2D eigenvalue weighted by Gasteiger charge is 2.48. The van der Waals surface area contributed by atoms with Crippen molar-refractivity contribution in [1.82, 2.24) is 14.8 Å². The second-order valence-corrected chi connectivity index (χ2v) is 11.1. The molecule has 0 radical (unpaired) electrons. The molecule has 0 bridgehead atoms. The van der Waals surface area contributed by atoms with Crippen LogP contribution in [0, 0.1) is 0 Å². The van der Waals surface area contributed by atoms with Gasteiger partial charge in [-0.05, 0) is 69.1 Å². The predicted octanol–water partition coefficient (Wildman–Crippen LogP) is 3.70. The highest BCUT2D eigenvalue weighted by molar-refractivity contribution is 7.93. The number of hydrazone groups is 1. The van der Waals surface area contributed by atoms with E-state index in [1.54, 1.807) is 0 Å². The van der Waals surface area contributed by atoms with Gasteiger partial charge in [-0.3, -0.25) is 14.9 Å². The van der Waals surface area contributed by atoms with Crippen molar-refractivity contribution in [2.24, 2.45) is 10.1 Å². The predicted molar refractivity (Wildman–Crippen MR) is 133 cm³/mol. The standard InChI is InChI=1S/C24H32ClN5OS/c1-2-29-17-30-23(27-29)22(20-10-4-5-11-21(20)25)26-16-18-15-19(32(31)24(18)30)9-8-14-28-12-6-3-7-13-28/h4-5,10-11,15,19,24H,2-3,6-9,12-14,16-17H2,1H3. The molecule has 1 aromatic carbocycles. The summed E-state index contributed by atoms with van der Waals surface area (Å²) in [5.74, 6) is 0.802. The number of piperidine rings is 1. The number of nitrogens with zero attached hydrogens (tertiary/aromatic N) is 5. The van der Waals surface area contributed by atoms with Crippen LogP contribution in [0.2, 0.25) is 5.02 Å². The summed E-state index contributed by atoms with van der Waals surface area (Å²) in [5.41, 5.74) is 2.86. The number of amidine groups is 1. The van der Waals surface area contributed by atoms with Gasteiger partial charge in [0, 0.05) is 24.1 Å². The fourth-order valence-electron chi connectivity index (χ4n) is 5.16. The lowest BCUT2D eigenvalue weighted by molar-refractivity contribution is 0.225. The van der Waals surface area contributed by atoms with Crippen LogP contribution in [0.5, 0.6) is 0 Å². The van der Waals surface area contributed by atoms with Crippen LogP contribution in [-0.2, 0) is 11.2 Å². The van der Waals surface area contributed by atoms with E-state index in [9.17, 15) is 4.55 Å². The summed E-state index contributed by atoms with van der Waals surface area (Å²) in [5, 5.41) is 7.50. The Labute approximate surface area is 199 Å². The Morgan fingerprint density at radius 2 is 2.00 bits per heavy atom. The Bertz CT molecular complexity index is 929. The van der Waals surface area contributed by atoms with Gasteiger partial charge in [0.25, 0.3) is 0 Å². The molecule has 1 fully saturated rings. The zero-order valence-corrected chi connectivity index (χ0v) is 20.3. The quantitative estimate of drug-likeness (QED) is 0.467. The second-order valence-electron chi connectivity index (χ2n) is 9.01. The zero-order valence-electron chi connectivity index (χ0n) is 18.8. The molecule has 0 N–H and O–H groups in total. The first-order chi connectivity index (χ1) is 15.7. The van der Waals surface area contributed by atoms with Crippen molar-refractivity contribution in [1.29, 1.82) is 0 Å². The van der Waals surface area contributed by atoms with Gasteiger partial charge < -0.3 is 9.45 Å². The number of halogens is 1. The van der Waals surface area contributed by atoms with Crippen LogP contribution in [-0.4, -0.2) is 80.9 Å². The maximum atomic E-state index is 13.7. The van der Waals surface area contributed by atoms with Crippen molar-refractivity contribution in [3.05, 3.63) is 46.5 Å². The van der Waals surface area contributed by atoms with Crippen LogP contribution in [0.4, 0.5) is 0 Å². The molecule has 6 nitrogen and oxygen atoms in total. The molecule has 3 unspecified atom stereocenters. The fourth-order valence-corrected chi connectivity index (χ4v) is 7.30. The monoisotopic (exact) mass is 473 g/mol. The number of hydrogen-bond acceptors (Lipinski definition) is 6. The van der Waals surface area contributed by atoms with Gasteiger partial charge in [-0.2, -0.15) is 5.10 Å². The smallest absolute Gasteiger partial charge is 0.215 e. The average Bonchev–Trinajstić information content (AvgIpc) is 3.32. The van der Waals surface area contributed by atoms with E-state index in [1.165, 1.54) is 37.9 Å². The Kier molecular flexibility index (Phi) is 6.79. The summed E-state index contributed by atoms with van der Waals surface area (Å²) in [7, 11) is 0. The normalized spacial score (nSPS) is 28.1. The fraction of sp³-hybridized carbons (Fsp3) is 0.583. The van der Waals surface area contributed by atoms with Gasteiger partial charge in [-0.15, -0.1) is 0 Å². The lowest BCUT2D eigenvalue weighted by Gasteiger charge is -2.30. The maximum absolute atomic E-state index is 13.7. The van der Waals surface area contributed by atoms with Crippen molar-refractivity contribution in [2.75, 3.05) is 39.4 Å². The Morgan fingerprint density at radius 1 is 1.19 bits per heavy atom. The SMILES string of the molecule is CCN1CN2C(=N1)C(c1ccccc1Cl)=NCC1=CC(CCCN3CCCCC3)[S+]([O-])C12. The maximum Gasteiger partial charge on any atom is 0.215 e. The number of hydrogen-bond donors (Lipinski definition) is 0. The zero-order chi connectivity index (χ0) is 22.1. The van der Waals surface area contributed by atoms with Crippen LogP contribution in [0.15, 0.2) is 46.0 Å². The molecule has 3 atom stereocenters. The molecular weight excluding hydrogens is 442 g/mol. The third-order valence-electron chi connectivity index (χ3n) is 6.88. The van der Waals surface area contributed by atoms with E-state index >= 15 is 0 Å². The van der Waals surface area contributed by atoms with Crippen molar-refractivity contribution in [2.45, 2.75) is 49.7 Å². The minimum absolute atomic E-state index is 0.105. The summed E-state index contributed by atoms with van der Waals surface area (Å²) >= 11 is 5.52. The van der Waals surface area contributed by atoms with E-state index in [-0.39, 0.29) is 10.6 Å². The van der Waals surface area contributed by atoms with Gasteiger partial charge in [-0.25, -0.2) is 0 Å². The molecule has 0 saturated carbocycles. The van der Waals surface area contributed by atoms with Crippen LogP contribution in [0.3, 0.4) is 0 Å². The van der Waals surface area contributed by atoms with E-state index in [0.29, 0.717) is 18.2 Å². The number of benzene rings is 1. The van der Waals surface area contributed by atoms with E-state index < -0.39 is 11.2 Å². The molecule has 1 aromatic rings. The molecular formula is C24H32ClN5OS. The van der Waals surface area contributed by atoms with Gasteiger partial charge in [0.1, 0.15) is 17.6 Å². The average molecular weight is 474 g/mol. The van der Waals surface area contributed by atoms with Gasteiger partial charge in [0.05, 0.1) is 11.6 Å². The first-order valence-corrected chi connectivity index (χ1v) is 13.5. The van der Waals surface area contributed by atoms with Crippen molar-refractivity contribution < 1.29 is 4.55 Å². The van der Waals surface area contributed by atoms with Gasteiger partial charge in [-0.1, -0.05) is 36.2 Å². The molecule has 0 aliphatic carbocycles. The van der Waals surface area contributed by atoms with Crippen LogP contribution < -0.4 is 0 Å². The number of rotatable bonds is 6. The highest BCUT2D eigenvalue weighted by atomic mass is 35.5. The summed E-state index contributed by atoms with van der Waals surface area (Å²) < 4.78 is 13.7. The molecule has 4 aliphatic heterocycles. The Hall–Kier alpha value is -1.54. The van der Waals surface area contributed by atoms with E-state index in [0.717, 1.165) is 43.0 Å². The molecule has 8 heteroatoms. The third-order valence-corrected chi connectivity index (χ3v) is 9.18. The molecule has 1 saturated heterocycles. The van der Waals surface area contributed by atoms with Gasteiger partial charge in [0.2, 0.25) is 5.37 Å². The number of fused-ring (bicyclic) bond motifs is 3. The first kappa shape index (κ1) is 22.3. The van der Waals surface area contributed by atoms with E-state index in [4.69, 9.17) is 21.7 Å². The third kappa shape index (κ3) is 4.32. The molecule has 5 rings (SSSR count). The van der Waals surface area contributed by atoms with Crippen LogP contribution in [0.1, 0.15) is 44.6 Å². The van der Waals surface area contributed by atoms with Gasteiger partial charge >= 0.3 is 0 Å². The first-order valence-electron chi connectivity index (χ1n) is 11.9. The summed E-state index contributed by atoms with van der Waals surface area (Å²) in [6, 6.07) is 7.78. The summed E-state index contributed by atoms with van der Waals surface area (Å²) in [6.45, 7) is 7.65. The number of likely N-dealkylation sites (tertiary alicyclic amines) is 1. The summed E-state index contributed by atoms with van der Waals surface area (Å²) in [6.07, 6.45) is 8.33. The molecule has 32 heavy (non-hydrogen) atoms. The largest absolute Gasteiger partial charge is 0.614 e. The molecule has 172 valence electrons. The van der Waals surface area contributed by atoms with Crippen LogP contribution in [0.25, 0.3) is 0 Å². The van der Waals surface area contributed by atoms with Gasteiger partial charge in [0.15, 0.2) is 5.84 Å². The van der Waals surface area contributed by atoms with Crippen molar-refractivity contribution in [3.8, 4) is 0 Å².